The Morgan fingerprint density at radius 1 is 0.667 bits per heavy atom. The maximum Gasteiger partial charge on any atom is 0.262 e. The van der Waals surface area contributed by atoms with E-state index in [9.17, 15) is 33.6 Å². The Hall–Kier alpha value is -5.98. The monoisotopic (exact) mass is 681 g/mol. The maximum atomic E-state index is 13.9. The fourth-order valence-corrected chi connectivity index (χ4v) is 5.66. The van der Waals surface area contributed by atoms with Gasteiger partial charge in [0.1, 0.15) is 19.4 Å². The predicted molar refractivity (Wildman–Crippen MR) is 174 cm³/mol. The zero-order chi connectivity index (χ0) is 34.1. The molecule has 0 radical (unpaired) electrons. The van der Waals surface area contributed by atoms with Crippen LogP contribution in [0.2, 0.25) is 10.0 Å². The van der Waals surface area contributed by atoms with E-state index in [2.05, 4.69) is 10.5 Å². The van der Waals surface area contributed by atoms with Crippen molar-refractivity contribution in [2.45, 2.75) is 0 Å². The van der Waals surface area contributed by atoms with Crippen LogP contribution in [0.15, 0.2) is 96.1 Å². The van der Waals surface area contributed by atoms with E-state index in [1.165, 1.54) is 54.6 Å². The Labute approximate surface area is 282 Å². The van der Waals surface area contributed by atoms with Crippen LogP contribution in [-0.4, -0.2) is 70.5 Å². The SMILES string of the molecule is O=C(CN1C(=O)c2ccccc2C1=O)NN=CN(C(=O)CN1C(=O)c2ccccc2C1=O)c1ccc(Cl)cc1C(=O)c1ccccc1Cl. The van der Waals surface area contributed by atoms with Crippen LogP contribution < -0.4 is 10.3 Å². The highest BCUT2D eigenvalue weighted by Crippen LogP contribution is 2.30. The molecule has 1 N–H and O–H groups in total. The number of anilines is 1. The minimum absolute atomic E-state index is 0.0655. The third-order valence-corrected chi connectivity index (χ3v) is 8.13. The Bertz CT molecular complexity index is 2040. The summed E-state index contributed by atoms with van der Waals surface area (Å²) in [6.45, 7) is -1.44. The molecule has 238 valence electrons. The lowest BCUT2D eigenvalue weighted by atomic mass is 10.0. The first-order valence-corrected chi connectivity index (χ1v) is 15.0. The molecule has 6 amide bonds. The second-order valence-electron chi connectivity index (χ2n) is 10.5. The third kappa shape index (κ3) is 5.85. The van der Waals surface area contributed by atoms with Gasteiger partial charge in [0.2, 0.25) is 0 Å². The van der Waals surface area contributed by atoms with Gasteiger partial charge in [0, 0.05) is 16.1 Å². The van der Waals surface area contributed by atoms with Crippen LogP contribution in [0.3, 0.4) is 0 Å². The minimum Gasteiger partial charge on any atom is -0.288 e. The van der Waals surface area contributed by atoms with Crippen molar-refractivity contribution < 1.29 is 33.6 Å². The second-order valence-corrected chi connectivity index (χ2v) is 11.3. The summed E-state index contributed by atoms with van der Waals surface area (Å²) < 4.78 is 0. The zero-order valence-corrected chi connectivity index (χ0v) is 26.1. The number of hydrogen-bond acceptors (Lipinski definition) is 8. The predicted octanol–water partition coefficient (Wildman–Crippen LogP) is 4.21. The molecular weight excluding hydrogens is 661 g/mol. The third-order valence-electron chi connectivity index (χ3n) is 7.56. The van der Waals surface area contributed by atoms with Crippen molar-refractivity contribution in [3.8, 4) is 0 Å². The van der Waals surface area contributed by atoms with Gasteiger partial charge in [-0.2, -0.15) is 5.10 Å². The summed E-state index contributed by atoms with van der Waals surface area (Å²) in [6.07, 6.45) is 0.868. The highest BCUT2D eigenvalue weighted by Gasteiger charge is 2.38. The van der Waals surface area contributed by atoms with Crippen LogP contribution in [0.25, 0.3) is 0 Å². The van der Waals surface area contributed by atoms with Crippen molar-refractivity contribution in [3.63, 3.8) is 0 Å². The molecule has 0 fully saturated rings. The van der Waals surface area contributed by atoms with Gasteiger partial charge in [0.15, 0.2) is 5.78 Å². The molecule has 0 saturated carbocycles. The van der Waals surface area contributed by atoms with Gasteiger partial charge in [-0.1, -0.05) is 59.6 Å². The number of benzene rings is 4. The van der Waals surface area contributed by atoms with Gasteiger partial charge in [-0.3, -0.25) is 48.3 Å². The number of ketones is 1. The summed E-state index contributed by atoms with van der Waals surface area (Å²) in [5, 5.41) is 4.13. The van der Waals surface area contributed by atoms with Gasteiger partial charge in [-0.15, -0.1) is 0 Å². The molecule has 2 aliphatic heterocycles. The van der Waals surface area contributed by atoms with Crippen molar-refractivity contribution in [2.24, 2.45) is 5.10 Å². The number of fused-ring (bicyclic) bond motifs is 2. The Morgan fingerprint density at radius 3 is 1.71 bits per heavy atom. The minimum atomic E-state index is -0.890. The lowest BCUT2D eigenvalue weighted by Gasteiger charge is -2.23. The normalized spacial score (nSPS) is 13.6. The number of rotatable bonds is 9. The summed E-state index contributed by atoms with van der Waals surface area (Å²) in [6, 6.07) is 22.5. The van der Waals surface area contributed by atoms with Crippen molar-refractivity contribution in [2.75, 3.05) is 18.0 Å². The van der Waals surface area contributed by atoms with Gasteiger partial charge < -0.3 is 0 Å². The number of nitrogens with zero attached hydrogens (tertiary/aromatic N) is 4. The first-order valence-electron chi connectivity index (χ1n) is 14.2. The quantitative estimate of drug-likeness (QED) is 0.0913. The Balaban J connectivity index is 1.30. The topological polar surface area (TPSA) is 154 Å². The molecule has 4 aromatic carbocycles. The van der Waals surface area contributed by atoms with Crippen molar-refractivity contribution in [1.82, 2.24) is 15.2 Å². The van der Waals surface area contributed by atoms with Crippen LogP contribution >= 0.6 is 23.2 Å². The van der Waals surface area contributed by atoms with E-state index in [0.717, 1.165) is 21.0 Å². The van der Waals surface area contributed by atoms with Gasteiger partial charge in [0.05, 0.1) is 33.0 Å². The maximum absolute atomic E-state index is 13.9. The Kier molecular flexibility index (Phi) is 8.68. The highest BCUT2D eigenvalue weighted by atomic mass is 35.5. The highest BCUT2D eigenvalue weighted by molar-refractivity contribution is 6.36. The summed E-state index contributed by atoms with van der Waals surface area (Å²) in [4.78, 5) is 94.2. The number of carbonyl (C=O) groups excluding carboxylic acids is 7. The number of nitrogens with one attached hydrogen (secondary N) is 1. The first-order chi connectivity index (χ1) is 23.1. The molecule has 0 bridgehead atoms. The zero-order valence-electron chi connectivity index (χ0n) is 24.6. The van der Waals surface area contributed by atoms with E-state index < -0.39 is 54.3 Å². The van der Waals surface area contributed by atoms with E-state index in [0.29, 0.717) is 0 Å². The van der Waals surface area contributed by atoms with E-state index >= 15 is 0 Å². The molecule has 0 spiro atoms. The molecule has 14 heteroatoms. The molecule has 0 aliphatic carbocycles. The molecule has 0 atom stereocenters. The van der Waals surface area contributed by atoms with Gasteiger partial charge in [0.25, 0.3) is 35.4 Å². The first kappa shape index (κ1) is 32.0. The molecule has 6 rings (SSSR count). The summed E-state index contributed by atoms with van der Waals surface area (Å²) in [7, 11) is 0. The van der Waals surface area contributed by atoms with Crippen LogP contribution in [-0.2, 0) is 9.59 Å². The number of halogens is 2. The van der Waals surface area contributed by atoms with E-state index in [4.69, 9.17) is 23.2 Å². The van der Waals surface area contributed by atoms with Crippen molar-refractivity contribution in [3.05, 3.63) is 134 Å². The lowest BCUT2D eigenvalue weighted by Crippen LogP contribution is -2.43. The second kappa shape index (κ2) is 13.0. The van der Waals surface area contributed by atoms with Crippen LogP contribution in [0.4, 0.5) is 5.69 Å². The molecule has 12 nitrogen and oxygen atoms in total. The van der Waals surface area contributed by atoms with Crippen LogP contribution in [0.5, 0.6) is 0 Å². The molecule has 2 aliphatic rings. The van der Waals surface area contributed by atoms with E-state index in [-0.39, 0.29) is 49.1 Å². The molecule has 0 saturated heterocycles. The van der Waals surface area contributed by atoms with Crippen LogP contribution in [0.1, 0.15) is 57.4 Å². The molecule has 0 unspecified atom stereocenters. The number of imide groups is 2. The van der Waals surface area contributed by atoms with Gasteiger partial charge in [-0.05, 0) is 54.6 Å². The number of amides is 6. The van der Waals surface area contributed by atoms with Crippen LogP contribution in [0, 0.1) is 0 Å². The number of carbonyl (C=O) groups is 7. The molecular formula is C34H21Cl2N5O7. The summed E-state index contributed by atoms with van der Waals surface area (Å²) in [5.74, 6) is -5.08. The van der Waals surface area contributed by atoms with Gasteiger partial charge >= 0.3 is 0 Å². The number of hydrogen-bond donors (Lipinski definition) is 1. The average molecular weight is 682 g/mol. The smallest absolute Gasteiger partial charge is 0.262 e. The summed E-state index contributed by atoms with van der Waals surface area (Å²) >= 11 is 12.5. The molecule has 2 heterocycles. The molecule has 4 aromatic rings. The van der Waals surface area contributed by atoms with Crippen molar-refractivity contribution in [1.29, 1.82) is 0 Å². The standard InChI is InChI=1S/C34H21Cl2N5O7/c35-19-13-14-27(25(15-19)30(44)24-11-5-6-12-26(24)36)41(29(43)17-40-33(47)22-9-3-4-10-23(22)34(40)48)18-37-38-28(42)16-39-31(45)20-7-1-2-8-21(20)32(39)46/h1-15,18H,16-17H2,(H,38,42). The lowest BCUT2D eigenvalue weighted by molar-refractivity contribution is -0.121. The van der Waals surface area contributed by atoms with Gasteiger partial charge in [-0.25, -0.2) is 5.43 Å². The summed E-state index contributed by atoms with van der Waals surface area (Å²) in [5.41, 5.74) is 2.67. The van der Waals surface area contributed by atoms with Crippen molar-refractivity contribution >= 4 is 76.5 Å². The van der Waals surface area contributed by atoms with E-state index in [1.807, 2.05) is 0 Å². The fourth-order valence-electron chi connectivity index (χ4n) is 5.27. The number of hydrazone groups is 1. The average Bonchev–Trinajstić information content (AvgIpc) is 3.47. The largest absolute Gasteiger partial charge is 0.288 e. The van der Waals surface area contributed by atoms with E-state index in [1.54, 1.807) is 36.4 Å². The molecule has 48 heavy (non-hydrogen) atoms. The Morgan fingerprint density at radius 2 is 1.17 bits per heavy atom. The molecule has 0 aromatic heterocycles. The fraction of sp³-hybridized carbons (Fsp3) is 0.0588.